The van der Waals surface area contributed by atoms with Crippen molar-refractivity contribution in [1.82, 2.24) is 0 Å². The van der Waals surface area contributed by atoms with Gasteiger partial charge in [0, 0.05) is 24.8 Å². The van der Waals surface area contributed by atoms with E-state index in [9.17, 15) is 20.2 Å². The van der Waals surface area contributed by atoms with E-state index in [1.165, 1.54) is 12.1 Å². The van der Waals surface area contributed by atoms with Gasteiger partial charge in [0.1, 0.15) is 5.69 Å². The molecule has 2 rings (SSSR count). The first-order valence-electron chi connectivity index (χ1n) is 6.53. The van der Waals surface area contributed by atoms with Crippen molar-refractivity contribution in [2.45, 2.75) is 0 Å². The van der Waals surface area contributed by atoms with Crippen molar-refractivity contribution in [3.63, 3.8) is 0 Å². The molecule has 0 aromatic heterocycles. The fourth-order valence-corrected chi connectivity index (χ4v) is 1.89. The largest absolute Gasteiger partial charge is 0.383 e. The molecule has 0 bridgehead atoms. The first-order valence-corrected chi connectivity index (χ1v) is 6.53. The minimum absolute atomic E-state index is 0.255. The van der Waals surface area contributed by atoms with Crippen molar-refractivity contribution in [3.05, 3.63) is 68.8 Å². The predicted octanol–water partition coefficient (Wildman–Crippen LogP) is 3.03. The summed E-state index contributed by atoms with van der Waals surface area (Å²) in [6.45, 7) is 0.992. The van der Waals surface area contributed by atoms with Crippen LogP contribution in [0.15, 0.2) is 48.5 Å². The highest BCUT2D eigenvalue weighted by molar-refractivity contribution is 5.65. The van der Waals surface area contributed by atoms with Gasteiger partial charge in [-0.05, 0) is 18.2 Å². The van der Waals surface area contributed by atoms with Crippen molar-refractivity contribution in [2.75, 3.05) is 23.7 Å². The summed E-state index contributed by atoms with van der Waals surface area (Å²) in [6, 6.07) is 13.1. The van der Waals surface area contributed by atoms with Crippen molar-refractivity contribution in [1.29, 1.82) is 0 Å². The van der Waals surface area contributed by atoms with Crippen LogP contribution >= 0.6 is 0 Å². The van der Waals surface area contributed by atoms with E-state index in [0.29, 0.717) is 13.1 Å². The van der Waals surface area contributed by atoms with Crippen molar-refractivity contribution < 1.29 is 9.85 Å². The molecule has 2 N–H and O–H groups in total. The third-order valence-electron chi connectivity index (χ3n) is 2.93. The van der Waals surface area contributed by atoms with E-state index in [4.69, 9.17) is 0 Å². The highest BCUT2D eigenvalue weighted by Gasteiger charge is 2.18. The normalized spacial score (nSPS) is 10.0. The molecule has 0 aliphatic carbocycles. The average molecular weight is 302 g/mol. The summed E-state index contributed by atoms with van der Waals surface area (Å²) in [5.74, 6) is 0. The predicted molar refractivity (Wildman–Crippen MR) is 83.2 cm³/mol. The maximum Gasteiger partial charge on any atom is 0.299 e. The molecule has 0 saturated carbocycles. The summed E-state index contributed by atoms with van der Waals surface area (Å²) < 4.78 is 0. The highest BCUT2D eigenvalue weighted by Crippen LogP contribution is 2.28. The monoisotopic (exact) mass is 302 g/mol. The number of nitro groups is 2. The summed E-state index contributed by atoms with van der Waals surface area (Å²) in [7, 11) is 0. The topological polar surface area (TPSA) is 110 Å². The fourth-order valence-electron chi connectivity index (χ4n) is 1.89. The van der Waals surface area contributed by atoms with Crippen LogP contribution in [0.25, 0.3) is 0 Å². The van der Waals surface area contributed by atoms with Crippen LogP contribution < -0.4 is 10.6 Å². The minimum atomic E-state index is -0.659. The van der Waals surface area contributed by atoms with E-state index in [1.807, 2.05) is 30.3 Å². The van der Waals surface area contributed by atoms with Crippen LogP contribution in [0.4, 0.5) is 22.7 Å². The smallest absolute Gasteiger partial charge is 0.299 e. The number of hydrogen-bond acceptors (Lipinski definition) is 6. The number of benzene rings is 2. The standard InChI is InChI=1S/C14H14N4O4/c19-17(20)12-6-7-13(14(10-12)18(21)22)16-9-8-15-11-4-2-1-3-5-11/h1-7,10,15-16H,8-9H2. The summed E-state index contributed by atoms with van der Waals surface area (Å²) in [4.78, 5) is 20.3. The number of non-ortho nitro benzene ring substituents is 1. The second-order valence-corrected chi connectivity index (χ2v) is 4.44. The lowest BCUT2D eigenvalue weighted by Gasteiger charge is -2.09. The number of hydrogen-bond donors (Lipinski definition) is 2. The molecular weight excluding hydrogens is 288 g/mol. The van der Waals surface area contributed by atoms with Crippen LogP contribution in [0.1, 0.15) is 0 Å². The molecule has 0 radical (unpaired) electrons. The van der Waals surface area contributed by atoms with Crippen LogP contribution in [0.5, 0.6) is 0 Å². The van der Waals surface area contributed by atoms with E-state index in [2.05, 4.69) is 10.6 Å². The van der Waals surface area contributed by atoms with Crippen molar-refractivity contribution >= 4 is 22.7 Å². The average Bonchev–Trinajstić information content (AvgIpc) is 2.52. The summed E-state index contributed by atoms with van der Waals surface area (Å²) in [5.41, 5.74) is 0.585. The van der Waals surface area contributed by atoms with Crippen LogP contribution in [-0.2, 0) is 0 Å². The molecule has 22 heavy (non-hydrogen) atoms. The molecule has 0 fully saturated rings. The van der Waals surface area contributed by atoms with Gasteiger partial charge in [-0.1, -0.05) is 18.2 Å². The summed E-state index contributed by atoms with van der Waals surface area (Å²) in [6.07, 6.45) is 0. The summed E-state index contributed by atoms with van der Waals surface area (Å²) in [5, 5.41) is 27.7. The second kappa shape index (κ2) is 7.02. The molecule has 0 heterocycles. The van der Waals surface area contributed by atoms with Crippen molar-refractivity contribution in [2.24, 2.45) is 0 Å². The highest BCUT2D eigenvalue weighted by atomic mass is 16.6. The Balaban J connectivity index is 1.97. The molecule has 0 saturated heterocycles. The lowest BCUT2D eigenvalue weighted by molar-refractivity contribution is -0.393. The number of para-hydroxylation sites is 1. The Bertz CT molecular complexity index is 676. The minimum Gasteiger partial charge on any atom is -0.383 e. The Morgan fingerprint density at radius 2 is 1.55 bits per heavy atom. The van der Waals surface area contributed by atoms with Crippen LogP contribution in [0.2, 0.25) is 0 Å². The molecule has 8 nitrogen and oxygen atoms in total. The maximum atomic E-state index is 11.0. The molecular formula is C14H14N4O4. The van der Waals surface area contributed by atoms with Gasteiger partial charge in [-0.2, -0.15) is 0 Å². The van der Waals surface area contributed by atoms with Gasteiger partial charge in [0.25, 0.3) is 11.4 Å². The third-order valence-corrected chi connectivity index (χ3v) is 2.93. The lowest BCUT2D eigenvalue weighted by atomic mass is 10.2. The fraction of sp³-hybridized carbons (Fsp3) is 0.143. The lowest BCUT2D eigenvalue weighted by Crippen LogP contribution is -2.14. The van der Waals surface area contributed by atoms with Gasteiger partial charge in [-0.25, -0.2) is 0 Å². The molecule has 0 unspecified atom stereocenters. The molecule has 0 spiro atoms. The third kappa shape index (κ3) is 3.92. The number of nitro benzene ring substituents is 2. The first-order chi connectivity index (χ1) is 10.6. The summed E-state index contributed by atoms with van der Waals surface area (Å²) >= 11 is 0. The first kappa shape index (κ1) is 15.2. The Morgan fingerprint density at radius 1 is 0.864 bits per heavy atom. The van der Waals surface area contributed by atoms with Gasteiger partial charge in [-0.3, -0.25) is 20.2 Å². The molecule has 0 aliphatic rings. The van der Waals surface area contributed by atoms with Gasteiger partial charge in [-0.15, -0.1) is 0 Å². The number of anilines is 2. The molecule has 2 aromatic carbocycles. The van der Waals surface area contributed by atoms with E-state index in [1.54, 1.807) is 0 Å². The Morgan fingerprint density at radius 3 is 2.18 bits per heavy atom. The van der Waals surface area contributed by atoms with E-state index < -0.39 is 9.85 Å². The van der Waals surface area contributed by atoms with Crippen LogP contribution in [-0.4, -0.2) is 22.9 Å². The number of rotatable bonds is 7. The zero-order chi connectivity index (χ0) is 15.9. The molecule has 0 atom stereocenters. The van der Waals surface area contributed by atoms with Gasteiger partial charge in [0.15, 0.2) is 0 Å². The molecule has 2 aromatic rings. The number of nitrogens with zero attached hydrogens (tertiary/aromatic N) is 2. The maximum absolute atomic E-state index is 11.0. The Kier molecular flexibility index (Phi) is 4.86. The quantitative estimate of drug-likeness (QED) is 0.462. The Hall–Kier alpha value is -3.16. The van der Waals surface area contributed by atoms with Gasteiger partial charge >= 0.3 is 0 Å². The zero-order valence-electron chi connectivity index (χ0n) is 11.6. The molecule has 8 heteroatoms. The molecule has 0 aliphatic heterocycles. The van der Waals surface area contributed by atoms with Crippen molar-refractivity contribution in [3.8, 4) is 0 Å². The van der Waals surface area contributed by atoms with Gasteiger partial charge in [0.2, 0.25) is 0 Å². The second-order valence-electron chi connectivity index (χ2n) is 4.44. The molecule has 114 valence electrons. The Labute approximate surface area is 126 Å². The van der Waals surface area contributed by atoms with E-state index in [0.717, 1.165) is 11.8 Å². The van der Waals surface area contributed by atoms with E-state index >= 15 is 0 Å². The van der Waals surface area contributed by atoms with Crippen LogP contribution in [0.3, 0.4) is 0 Å². The van der Waals surface area contributed by atoms with Crippen LogP contribution in [0, 0.1) is 20.2 Å². The number of nitrogens with one attached hydrogen (secondary N) is 2. The van der Waals surface area contributed by atoms with E-state index in [-0.39, 0.29) is 17.1 Å². The zero-order valence-corrected chi connectivity index (χ0v) is 11.6. The SMILES string of the molecule is O=[N+]([O-])c1ccc(NCCNc2ccccc2)c([N+](=O)[O-])c1. The van der Waals surface area contributed by atoms with Gasteiger partial charge < -0.3 is 10.6 Å². The molecule has 0 amide bonds. The van der Waals surface area contributed by atoms with Gasteiger partial charge in [0.05, 0.1) is 15.9 Å².